The summed E-state index contributed by atoms with van der Waals surface area (Å²) < 4.78 is 7.39. The molecule has 3 aliphatic rings. The summed E-state index contributed by atoms with van der Waals surface area (Å²) in [4.78, 5) is 90.4. The van der Waals surface area contributed by atoms with Crippen LogP contribution in [0.15, 0.2) is 78.7 Å². The van der Waals surface area contributed by atoms with E-state index in [-0.39, 0.29) is 48.8 Å². The van der Waals surface area contributed by atoms with Crippen LogP contribution < -0.4 is 36.2 Å². The standard InChI is InChI=1S/C59H76N16O7S/c1-36(38-16-18-39(19-17-38)53-37(2)63-35-83-53)64-56(79)46-30-42(76)33-75(46)58(81)54(59(3,4)5)67-49(77)14-9-10-15-50(78)74-24-22-40(23-25-74)72-26-28-73(29-27-72)41-20-21-47(61-32-41)66-48-31-45(51(69-68-48)57(80)60-6)65-44-13-11-12-43(52(44)82-8)55-62-34-71(7)70-55/h11-13,16-21,31-32,34-36,40,42,46,54,76H,9-10,14-15,22-30,33H2,1-8H3,(H,60,80)(H,64,79)(H,67,77)(H2,61,65,66,68)/t36-,42+,46-,54+/m0/s1. The van der Waals surface area contributed by atoms with Crippen molar-refractivity contribution in [1.82, 2.24) is 65.6 Å². The van der Waals surface area contributed by atoms with Crippen molar-refractivity contribution in [3.05, 3.63) is 95.6 Å². The molecule has 83 heavy (non-hydrogen) atoms. The lowest BCUT2D eigenvalue weighted by atomic mass is 9.85. The third kappa shape index (κ3) is 14.4. The van der Waals surface area contributed by atoms with E-state index >= 15 is 0 Å². The van der Waals surface area contributed by atoms with Gasteiger partial charge < -0.3 is 51.1 Å². The monoisotopic (exact) mass is 1150 g/mol. The lowest BCUT2D eigenvalue weighted by Gasteiger charge is -2.43. The predicted molar refractivity (Wildman–Crippen MR) is 317 cm³/mol. The zero-order chi connectivity index (χ0) is 59.0. The molecule has 3 saturated heterocycles. The highest BCUT2D eigenvalue weighted by molar-refractivity contribution is 7.13. The Morgan fingerprint density at radius 2 is 1.60 bits per heavy atom. The molecule has 9 rings (SSSR count). The number of rotatable bonds is 20. The van der Waals surface area contributed by atoms with E-state index < -0.39 is 35.4 Å². The number of ether oxygens (including phenoxy) is 1. The number of piperazine rings is 1. The molecule has 2 aromatic carbocycles. The number of aromatic nitrogens is 7. The van der Waals surface area contributed by atoms with E-state index in [9.17, 15) is 29.1 Å². The molecule has 0 spiro atoms. The summed E-state index contributed by atoms with van der Waals surface area (Å²) in [6.45, 7) is 14.2. The minimum absolute atomic E-state index is 0.0122. The van der Waals surface area contributed by atoms with Crippen molar-refractivity contribution in [3.8, 4) is 27.6 Å². The van der Waals surface area contributed by atoms with Crippen LogP contribution in [-0.2, 0) is 26.2 Å². The molecule has 6 aromatic rings. The van der Waals surface area contributed by atoms with Crippen LogP contribution in [0.25, 0.3) is 21.8 Å². The van der Waals surface area contributed by atoms with Crippen LogP contribution in [0.4, 0.5) is 28.7 Å². The van der Waals surface area contributed by atoms with Crippen molar-refractivity contribution in [2.75, 3.05) is 75.5 Å². The molecule has 0 radical (unpaired) electrons. The lowest BCUT2D eigenvalue weighted by Crippen LogP contribution is -2.57. The van der Waals surface area contributed by atoms with Gasteiger partial charge in [-0.25, -0.2) is 15.0 Å². The molecule has 23 nitrogen and oxygen atoms in total. The summed E-state index contributed by atoms with van der Waals surface area (Å²) in [6, 6.07) is 17.3. The number of aliphatic hydroxyl groups is 1. The number of piperidine rings is 1. The van der Waals surface area contributed by atoms with Crippen LogP contribution in [0.2, 0.25) is 0 Å². The highest BCUT2D eigenvalue weighted by Crippen LogP contribution is 2.38. The number of hydrogen-bond acceptors (Lipinski definition) is 18. The van der Waals surface area contributed by atoms with Crippen molar-refractivity contribution < 1.29 is 33.8 Å². The van der Waals surface area contributed by atoms with Gasteiger partial charge in [0.15, 0.2) is 23.1 Å². The molecular formula is C59H76N16O7S. The molecule has 0 saturated carbocycles. The van der Waals surface area contributed by atoms with Gasteiger partial charge in [0.1, 0.15) is 24.2 Å². The molecule has 3 aliphatic heterocycles. The maximum atomic E-state index is 14.2. The first-order valence-corrected chi connectivity index (χ1v) is 29.2. The fourth-order valence-corrected chi connectivity index (χ4v) is 11.9. The zero-order valence-corrected chi connectivity index (χ0v) is 49.3. The molecular weight excluding hydrogens is 1080 g/mol. The van der Waals surface area contributed by atoms with Gasteiger partial charge in [0.2, 0.25) is 23.6 Å². The number of amides is 5. The first kappa shape index (κ1) is 59.5. The second-order valence-electron chi connectivity index (χ2n) is 22.6. The number of para-hydroxylation sites is 1. The van der Waals surface area contributed by atoms with Gasteiger partial charge in [-0.1, -0.05) is 51.1 Å². The van der Waals surface area contributed by atoms with E-state index in [0.717, 1.165) is 66.4 Å². The Morgan fingerprint density at radius 3 is 2.25 bits per heavy atom. The van der Waals surface area contributed by atoms with Gasteiger partial charge in [0.25, 0.3) is 5.91 Å². The summed E-state index contributed by atoms with van der Waals surface area (Å²) >= 11 is 1.57. The van der Waals surface area contributed by atoms with Crippen LogP contribution in [-0.4, -0.2) is 168 Å². The second-order valence-corrected chi connectivity index (χ2v) is 23.4. The Kier molecular flexibility index (Phi) is 19.0. The summed E-state index contributed by atoms with van der Waals surface area (Å²) in [6.07, 6.45) is 5.95. The first-order chi connectivity index (χ1) is 39.9. The molecule has 5 amide bonds. The number of carbonyl (C=O) groups is 5. The van der Waals surface area contributed by atoms with E-state index in [1.54, 1.807) is 42.6 Å². The molecule has 0 aliphatic carbocycles. The van der Waals surface area contributed by atoms with Gasteiger partial charge in [0, 0.05) is 91.3 Å². The maximum absolute atomic E-state index is 14.2. The summed E-state index contributed by atoms with van der Waals surface area (Å²) in [5.41, 5.74) is 6.77. The SMILES string of the molecule is CNC(=O)c1nnc(Nc2ccc(N3CCN(C4CCN(C(=O)CCCCC(=O)N[C@H](C(=O)N5C[C@H](O)C[C@H]5C(=O)N[C@@H](C)c5ccc(-c6scnc6C)cc5)C(C)(C)C)CC4)CC3)cn2)cc1Nc1cccc(-c2ncn(C)n2)c1OC. The maximum Gasteiger partial charge on any atom is 0.273 e. The molecule has 6 N–H and O–H groups in total. The normalized spacial score (nSPS) is 17.6. The molecule has 440 valence electrons. The number of nitrogens with one attached hydrogen (secondary N) is 5. The predicted octanol–water partition coefficient (Wildman–Crippen LogP) is 6.00. The average molecular weight is 1150 g/mol. The highest BCUT2D eigenvalue weighted by Gasteiger charge is 2.45. The molecule has 0 bridgehead atoms. The van der Waals surface area contributed by atoms with Crippen LogP contribution in [0.3, 0.4) is 0 Å². The average Bonchev–Trinajstić information content (AvgIpc) is 4.35. The molecule has 24 heteroatoms. The minimum Gasteiger partial charge on any atom is -0.494 e. The summed E-state index contributed by atoms with van der Waals surface area (Å²) in [7, 11) is 4.87. The number of pyridine rings is 1. The van der Waals surface area contributed by atoms with Gasteiger partial charge in [-0.2, -0.15) is 5.10 Å². The Labute approximate surface area is 488 Å². The van der Waals surface area contributed by atoms with Gasteiger partial charge >= 0.3 is 0 Å². The number of benzene rings is 2. The number of nitrogens with zero attached hydrogens (tertiary/aromatic N) is 11. The largest absolute Gasteiger partial charge is 0.494 e. The number of β-amino-alcohol motifs (C(OH)–C–C–N with tert-alkyl or cyclic N) is 1. The number of thiazole rings is 1. The fraction of sp³-hybridized carbons (Fsp3) is 0.475. The molecule has 4 aromatic heterocycles. The van der Waals surface area contributed by atoms with Gasteiger partial charge in [-0.3, -0.25) is 33.6 Å². The Bertz CT molecular complexity index is 3240. The number of methoxy groups -OCH3 is 1. The van der Waals surface area contributed by atoms with E-state index in [1.165, 1.54) is 11.9 Å². The number of aryl methyl sites for hydroxylation is 2. The highest BCUT2D eigenvalue weighted by atomic mass is 32.1. The Balaban J connectivity index is 0.692. The van der Waals surface area contributed by atoms with Crippen molar-refractivity contribution in [2.45, 2.75) is 110 Å². The number of aliphatic hydroxyl groups excluding tert-OH is 1. The van der Waals surface area contributed by atoms with Gasteiger partial charge in [-0.05, 0) is 80.3 Å². The molecule has 7 heterocycles. The second kappa shape index (κ2) is 26.4. The number of hydrogen-bond donors (Lipinski definition) is 6. The smallest absolute Gasteiger partial charge is 0.273 e. The number of likely N-dealkylation sites (tertiary alicyclic amines) is 2. The molecule has 4 atom stereocenters. The van der Waals surface area contributed by atoms with Gasteiger partial charge in [-0.15, -0.1) is 21.5 Å². The van der Waals surface area contributed by atoms with Crippen LogP contribution >= 0.6 is 11.3 Å². The fourth-order valence-electron chi connectivity index (χ4n) is 11.0. The minimum atomic E-state index is -0.933. The molecule has 0 unspecified atom stereocenters. The van der Waals surface area contributed by atoms with E-state index in [0.29, 0.717) is 78.5 Å². The quantitative estimate of drug-likeness (QED) is 0.0479. The van der Waals surface area contributed by atoms with Gasteiger partial charge in [0.05, 0.1) is 64.2 Å². The number of carbonyl (C=O) groups excluding carboxylic acids is 5. The van der Waals surface area contributed by atoms with E-state index in [1.807, 2.05) is 106 Å². The summed E-state index contributed by atoms with van der Waals surface area (Å²) in [5.74, 6) is 0.495. The van der Waals surface area contributed by atoms with Crippen molar-refractivity contribution in [2.24, 2.45) is 12.5 Å². The van der Waals surface area contributed by atoms with Crippen LogP contribution in [0, 0.1) is 12.3 Å². The van der Waals surface area contributed by atoms with Crippen molar-refractivity contribution in [3.63, 3.8) is 0 Å². The Hall–Kier alpha value is -8.09. The van der Waals surface area contributed by atoms with E-state index in [2.05, 4.69) is 66.6 Å². The lowest BCUT2D eigenvalue weighted by molar-refractivity contribution is -0.144. The van der Waals surface area contributed by atoms with Crippen LogP contribution in [0.1, 0.15) is 100 Å². The zero-order valence-electron chi connectivity index (χ0n) is 48.5. The number of anilines is 5. The van der Waals surface area contributed by atoms with E-state index in [4.69, 9.17) is 4.74 Å². The molecule has 3 fully saturated rings. The first-order valence-electron chi connectivity index (χ1n) is 28.4. The third-order valence-corrected chi connectivity index (χ3v) is 16.7. The topological polar surface area (TPSA) is 270 Å². The van der Waals surface area contributed by atoms with Crippen molar-refractivity contribution in [1.29, 1.82) is 0 Å². The van der Waals surface area contributed by atoms with Crippen molar-refractivity contribution >= 4 is 69.6 Å². The van der Waals surface area contributed by atoms with Crippen LogP contribution in [0.5, 0.6) is 5.75 Å². The number of unbranched alkanes of at least 4 members (excludes halogenated alkanes) is 1. The summed E-state index contributed by atoms with van der Waals surface area (Å²) in [5, 5.41) is 38.8. The third-order valence-electron chi connectivity index (χ3n) is 15.7. The Morgan fingerprint density at radius 1 is 0.855 bits per heavy atom.